The number of carbonyl (C=O) groups excluding carboxylic acids is 4. The van der Waals surface area contributed by atoms with E-state index in [1.54, 1.807) is 31.2 Å². The van der Waals surface area contributed by atoms with Gasteiger partial charge in [0.15, 0.2) is 9.75 Å². The van der Waals surface area contributed by atoms with Crippen LogP contribution in [0.1, 0.15) is 29.9 Å². The highest BCUT2D eigenvalue weighted by molar-refractivity contribution is 6.58. The number of methoxy groups -OCH3 is 2. The monoisotopic (exact) mass is 712 g/mol. The van der Waals surface area contributed by atoms with Gasteiger partial charge in [-0.2, -0.15) is 0 Å². The highest BCUT2D eigenvalue weighted by atomic mass is 35.5. The quantitative estimate of drug-likeness (QED) is 0.188. The molecule has 3 aromatic rings. The Bertz CT molecular complexity index is 1970. The number of hydrogen-bond donors (Lipinski definition) is 1. The van der Waals surface area contributed by atoms with Gasteiger partial charge in [-0.3, -0.25) is 19.2 Å². The number of nitrogens with zero attached hydrogens (tertiary/aromatic N) is 2. The van der Waals surface area contributed by atoms with E-state index in [1.807, 2.05) is 0 Å². The molecule has 4 aliphatic rings. The number of fused-ring (bicyclic) bond motifs is 4. The zero-order valence-electron chi connectivity index (χ0n) is 25.8. The Kier molecular flexibility index (Phi) is 7.58. The van der Waals surface area contributed by atoms with E-state index in [0.717, 1.165) is 27.5 Å². The Labute approximate surface area is 289 Å². The number of aromatic hydroxyl groups is 1. The number of alkyl halides is 2. The topological polar surface area (TPSA) is 113 Å². The molecular weight excluding hydrogens is 686 g/mol. The maximum Gasteiger partial charge on any atom is 0.258 e. The van der Waals surface area contributed by atoms with E-state index in [0.29, 0.717) is 16.3 Å². The van der Waals surface area contributed by atoms with Gasteiger partial charge in [0.05, 0.1) is 37.4 Å². The van der Waals surface area contributed by atoms with Gasteiger partial charge >= 0.3 is 0 Å². The van der Waals surface area contributed by atoms with Crippen molar-refractivity contribution in [1.82, 2.24) is 0 Å². The highest BCUT2D eigenvalue weighted by Crippen LogP contribution is 2.67. The van der Waals surface area contributed by atoms with E-state index in [1.165, 1.54) is 38.5 Å². The van der Waals surface area contributed by atoms with Crippen LogP contribution in [-0.2, 0) is 19.2 Å². The predicted octanol–water partition coefficient (Wildman–Crippen LogP) is 6.28. The molecule has 0 spiro atoms. The summed E-state index contributed by atoms with van der Waals surface area (Å²) >= 11 is 21.2. The molecule has 2 aliphatic carbocycles. The Hall–Kier alpha value is -4.12. The average Bonchev–Trinajstić information content (AvgIpc) is 3.40. The lowest BCUT2D eigenvalue weighted by Gasteiger charge is -2.50. The summed E-state index contributed by atoms with van der Waals surface area (Å²) < 4.78 is 24.9. The second-order valence-corrected chi connectivity index (χ2v) is 14.1. The molecule has 6 atom stereocenters. The number of halogens is 4. The summed E-state index contributed by atoms with van der Waals surface area (Å²) in [5.74, 6) is -7.31. The molecule has 3 aromatic carbocycles. The minimum Gasteiger partial charge on any atom is -0.507 e. The summed E-state index contributed by atoms with van der Waals surface area (Å²) in [4.78, 5) is 54.7. The molecule has 248 valence electrons. The molecule has 6 unspecified atom stereocenters. The normalized spacial score (nSPS) is 29.4. The molecule has 1 N–H and O–H groups in total. The van der Waals surface area contributed by atoms with Gasteiger partial charge in [0.1, 0.15) is 23.1 Å². The minimum atomic E-state index is -2.26. The molecule has 0 radical (unpaired) electrons. The number of benzene rings is 3. The fourth-order valence-corrected chi connectivity index (χ4v) is 8.95. The van der Waals surface area contributed by atoms with Crippen molar-refractivity contribution in [2.45, 2.75) is 35.4 Å². The lowest BCUT2D eigenvalue weighted by molar-refractivity contribution is -0.125. The van der Waals surface area contributed by atoms with Gasteiger partial charge in [0.2, 0.25) is 11.8 Å². The minimum absolute atomic E-state index is 0.0369. The van der Waals surface area contributed by atoms with Crippen LogP contribution in [0.3, 0.4) is 0 Å². The maximum atomic E-state index is 14.6. The standard InChI is InChI=1S/C35H28Cl3FN2O7/c1-16-4-7-19(12-24(16)36)40-30(43)22-11-10-21-23(27(22)31(40)44)15-34(37)32(45)41(18-8-5-17(39)6-9-18)33(46)35(34,38)29(21)28-25(42)13-20(47-2)14-26(28)48-3/h4-10,12-14,22-23,27,29,42H,11,15H2,1-3H3. The zero-order chi connectivity index (χ0) is 34.4. The molecule has 48 heavy (non-hydrogen) atoms. The van der Waals surface area contributed by atoms with Crippen LogP contribution in [0.4, 0.5) is 15.8 Å². The van der Waals surface area contributed by atoms with Crippen molar-refractivity contribution in [3.63, 3.8) is 0 Å². The lowest BCUT2D eigenvalue weighted by Crippen LogP contribution is -2.60. The van der Waals surface area contributed by atoms with Gasteiger partial charge in [-0.15, -0.1) is 23.2 Å². The predicted molar refractivity (Wildman–Crippen MR) is 176 cm³/mol. The molecule has 4 amide bonds. The molecule has 9 nitrogen and oxygen atoms in total. The number of anilines is 2. The first kappa shape index (κ1) is 32.4. The molecule has 0 bridgehead atoms. The van der Waals surface area contributed by atoms with E-state index in [4.69, 9.17) is 44.3 Å². The van der Waals surface area contributed by atoms with Crippen LogP contribution in [0.5, 0.6) is 17.2 Å². The van der Waals surface area contributed by atoms with Crippen molar-refractivity contribution in [2.24, 2.45) is 17.8 Å². The lowest BCUT2D eigenvalue weighted by atomic mass is 9.56. The maximum absolute atomic E-state index is 14.6. The first-order chi connectivity index (χ1) is 22.8. The van der Waals surface area contributed by atoms with Crippen molar-refractivity contribution < 1.29 is 38.1 Å². The van der Waals surface area contributed by atoms with Crippen LogP contribution in [0, 0.1) is 30.5 Å². The molecule has 3 fully saturated rings. The Morgan fingerprint density at radius 1 is 0.875 bits per heavy atom. The summed E-state index contributed by atoms with van der Waals surface area (Å²) in [6.45, 7) is 1.80. The van der Waals surface area contributed by atoms with E-state index in [2.05, 4.69) is 0 Å². The third-order valence-corrected chi connectivity index (χ3v) is 12.0. The molecule has 0 aromatic heterocycles. The van der Waals surface area contributed by atoms with Crippen LogP contribution in [0.2, 0.25) is 5.02 Å². The number of imide groups is 2. The van der Waals surface area contributed by atoms with Crippen molar-refractivity contribution >= 4 is 69.8 Å². The number of hydrogen-bond acceptors (Lipinski definition) is 7. The van der Waals surface area contributed by atoms with Gasteiger partial charge in [0, 0.05) is 28.6 Å². The van der Waals surface area contributed by atoms with Gasteiger partial charge < -0.3 is 14.6 Å². The first-order valence-corrected chi connectivity index (χ1v) is 16.2. The zero-order valence-corrected chi connectivity index (χ0v) is 28.1. The second-order valence-electron chi connectivity index (χ2n) is 12.5. The van der Waals surface area contributed by atoms with Crippen LogP contribution in [0.15, 0.2) is 66.2 Å². The van der Waals surface area contributed by atoms with Gasteiger partial charge in [-0.1, -0.05) is 29.3 Å². The van der Waals surface area contributed by atoms with Crippen molar-refractivity contribution in [2.75, 3.05) is 24.0 Å². The molecule has 2 saturated heterocycles. The van der Waals surface area contributed by atoms with Gasteiger partial charge in [-0.25, -0.2) is 14.2 Å². The number of allylic oxidation sites excluding steroid dienone is 2. The van der Waals surface area contributed by atoms with Crippen LogP contribution in [-0.4, -0.2) is 52.7 Å². The van der Waals surface area contributed by atoms with Crippen molar-refractivity contribution in [1.29, 1.82) is 0 Å². The van der Waals surface area contributed by atoms with E-state index < -0.39 is 62.9 Å². The fourth-order valence-electron chi connectivity index (χ4n) is 7.86. The molecular formula is C35H28Cl3FN2O7. The summed E-state index contributed by atoms with van der Waals surface area (Å²) in [5.41, 5.74) is 1.61. The Morgan fingerprint density at radius 3 is 2.21 bits per heavy atom. The third kappa shape index (κ3) is 4.28. The average molecular weight is 714 g/mol. The van der Waals surface area contributed by atoms with E-state index in [-0.39, 0.29) is 41.3 Å². The number of amides is 4. The third-order valence-electron chi connectivity index (χ3n) is 10.1. The molecule has 2 aliphatic heterocycles. The summed E-state index contributed by atoms with van der Waals surface area (Å²) in [6, 6.07) is 12.4. The molecule has 13 heteroatoms. The van der Waals surface area contributed by atoms with Crippen molar-refractivity contribution in [3.8, 4) is 17.2 Å². The smallest absolute Gasteiger partial charge is 0.258 e. The first-order valence-electron chi connectivity index (χ1n) is 15.1. The van der Waals surface area contributed by atoms with Crippen LogP contribution in [0.25, 0.3) is 0 Å². The number of rotatable bonds is 5. The van der Waals surface area contributed by atoms with Gasteiger partial charge in [0.25, 0.3) is 11.8 Å². The SMILES string of the molecule is COc1cc(O)c(C2C3=CCC4C(=O)N(c5ccc(C)c(Cl)c5)C(=O)C4C3CC3(Cl)C(=O)N(c4ccc(F)cc4)C(=O)C23Cl)c(OC)c1. The Balaban J connectivity index is 1.43. The number of phenolic OH excluding ortho intramolecular Hbond substituents is 1. The summed E-state index contributed by atoms with van der Waals surface area (Å²) in [6.07, 6.45) is 1.57. The van der Waals surface area contributed by atoms with E-state index >= 15 is 0 Å². The van der Waals surface area contributed by atoms with Crippen LogP contribution >= 0.6 is 34.8 Å². The second kappa shape index (κ2) is 11.2. The molecule has 2 heterocycles. The number of aryl methyl sites for hydroxylation is 1. The fraction of sp³-hybridized carbons (Fsp3) is 0.314. The van der Waals surface area contributed by atoms with Crippen LogP contribution < -0.4 is 19.3 Å². The summed E-state index contributed by atoms with van der Waals surface area (Å²) in [7, 11) is 2.75. The number of phenols is 1. The molecule has 7 rings (SSSR count). The van der Waals surface area contributed by atoms with Crippen molar-refractivity contribution in [3.05, 3.63) is 88.2 Å². The number of ether oxygens (including phenoxy) is 2. The van der Waals surface area contributed by atoms with E-state index in [9.17, 15) is 28.7 Å². The van der Waals surface area contributed by atoms with Gasteiger partial charge in [-0.05, 0) is 67.6 Å². The largest absolute Gasteiger partial charge is 0.507 e. The Morgan fingerprint density at radius 2 is 1.56 bits per heavy atom. The summed E-state index contributed by atoms with van der Waals surface area (Å²) in [5, 5.41) is 11.9. The number of carbonyl (C=O) groups is 4. The molecule has 1 saturated carbocycles. The highest BCUT2D eigenvalue weighted by Gasteiger charge is 2.77.